The van der Waals surface area contributed by atoms with Crippen molar-refractivity contribution in [1.82, 2.24) is 24.8 Å². The summed E-state index contributed by atoms with van der Waals surface area (Å²) < 4.78 is 0. The Labute approximate surface area is 179 Å². The van der Waals surface area contributed by atoms with Crippen LogP contribution in [0.4, 0.5) is 11.8 Å². The van der Waals surface area contributed by atoms with E-state index < -0.39 is 0 Å². The number of nitrogens with zero attached hydrogens (tertiary/aromatic N) is 4. The van der Waals surface area contributed by atoms with Gasteiger partial charge in [-0.15, -0.1) is 0 Å². The maximum atomic E-state index is 8.36. The molecule has 0 radical (unpaired) electrons. The summed E-state index contributed by atoms with van der Waals surface area (Å²) in [6.07, 6.45) is 2.83. The summed E-state index contributed by atoms with van der Waals surface area (Å²) in [7, 11) is 0. The fourth-order valence-corrected chi connectivity index (χ4v) is 3.64. The van der Waals surface area contributed by atoms with Gasteiger partial charge in [-0.05, 0) is 36.9 Å². The van der Waals surface area contributed by atoms with Crippen LogP contribution in [0.1, 0.15) is 23.5 Å². The number of aromatic amines is 1. The molecule has 2 aromatic heterocycles. The fourth-order valence-electron chi connectivity index (χ4n) is 3.64. The van der Waals surface area contributed by atoms with Gasteiger partial charge in [-0.3, -0.25) is 9.59 Å². The molecule has 1 aliphatic heterocycles. The third-order valence-electron chi connectivity index (χ3n) is 4.92. The van der Waals surface area contributed by atoms with Crippen LogP contribution in [0.15, 0.2) is 30.6 Å². The number of anilines is 2. The molecule has 6 N–H and O–H groups in total. The van der Waals surface area contributed by atoms with Crippen LogP contribution >= 0.6 is 0 Å². The van der Waals surface area contributed by atoms with E-state index in [0.717, 1.165) is 37.5 Å². The molecule has 4 rings (SSSR count). The van der Waals surface area contributed by atoms with Gasteiger partial charge >= 0.3 is 0 Å². The maximum absolute atomic E-state index is 8.36. The summed E-state index contributed by atoms with van der Waals surface area (Å²) in [6.45, 7) is 5.73. The zero-order chi connectivity index (χ0) is 22.6. The number of hydrogen-bond donors (Lipinski definition) is 5. The molecule has 1 fully saturated rings. The number of carbonyl (C=O) groups is 2. The molecule has 11 nitrogen and oxygen atoms in total. The number of benzene rings is 1. The quantitative estimate of drug-likeness (QED) is 0.375. The van der Waals surface area contributed by atoms with Gasteiger partial charge in [0.2, 0.25) is 5.95 Å². The average molecular weight is 429 g/mol. The summed E-state index contributed by atoms with van der Waals surface area (Å²) >= 11 is 0. The average Bonchev–Trinajstić information content (AvgIpc) is 3.39. The van der Waals surface area contributed by atoms with Gasteiger partial charge < -0.3 is 31.1 Å². The van der Waals surface area contributed by atoms with Gasteiger partial charge in [-0.25, -0.2) is 4.98 Å². The van der Waals surface area contributed by atoms with Gasteiger partial charge in [0.1, 0.15) is 5.52 Å². The van der Waals surface area contributed by atoms with Crippen molar-refractivity contribution in [3.05, 3.63) is 41.7 Å². The van der Waals surface area contributed by atoms with Crippen molar-refractivity contribution < 1.29 is 19.8 Å². The number of rotatable bonds is 5. The summed E-state index contributed by atoms with van der Waals surface area (Å²) in [5.41, 5.74) is 10.0. The number of hydrogen-bond acceptors (Lipinski definition) is 8. The minimum absolute atomic E-state index is 0.239. The van der Waals surface area contributed by atoms with E-state index in [-0.39, 0.29) is 18.9 Å². The molecule has 0 amide bonds. The van der Waals surface area contributed by atoms with Crippen LogP contribution in [-0.4, -0.2) is 74.2 Å². The lowest BCUT2D eigenvalue weighted by Crippen LogP contribution is -2.27. The second-order valence-corrected chi connectivity index (χ2v) is 6.81. The normalized spacial score (nSPS) is 15.3. The van der Waals surface area contributed by atoms with Crippen LogP contribution in [0.5, 0.6) is 0 Å². The number of nitrogen functional groups attached to an aromatic ring is 1. The number of aromatic nitrogens is 4. The van der Waals surface area contributed by atoms with E-state index in [1.807, 2.05) is 0 Å². The number of H-pyrrole nitrogens is 1. The van der Waals surface area contributed by atoms with E-state index in [0.29, 0.717) is 11.6 Å². The van der Waals surface area contributed by atoms with Crippen molar-refractivity contribution in [1.29, 1.82) is 0 Å². The number of imidazole rings is 1. The van der Waals surface area contributed by atoms with Crippen LogP contribution in [-0.2, 0) is 9.59 Å². The first-order valence-corrected chi connectivity index (χ1v) is 9.68. The van der Waals surface area contributed by atoms with Gasteiger partial charge in [0.15, 0.2) is 11.5 Å². The zero-order valence-electron chi connectivity index (χ0n) is 17.2. The Morgan fingerprint density at radius 3 is 2.68 bits per heavy atom. The molecule has 11 heteroatoms. The number of fused-ring (bicyclic) bond motifs is 1. The third-order valence-corrected chi connectivity index (χ3v) is 4.92. The molecule has 1 unspecified atom stereocenters. The molecule has 31 heavy (non-hydrogen) atoms. The molecule has 1 aromatic carbocycles. The summed E-state index contributed by atoms with van der Waals surface area (Å²) in [5, 5.41) is 17.1. The topological polar surface area (TPSA) is 170 Å². The van der Waals surface area contributed by atoms with E-state index >= 15 is 0 Å². The van der Waals surface area contributed by atoms with Crippen molar-refractivity contribution in [3.63, 3.8) is 0 Å². The van der Waals surface area contributed by atoms with Crippen molar-refractivity contribution in [3.8, 4) is 0 Å². The molecular weight excluding hydrogens is 402 g/mol. The second kappa shape index (κ2) is 12.1. The predicted octanol–water partition coefficient (Wildman–Crippen LogP) is 1.55. The maximum Gasteiger partial charge on any atom is 0.290 e. The predicted molar refractivity (Wildman–Crippen MR) is 117 cm³/mol. The van der Waals surface area contributed by atoms with E-state index in [1.165, 1.54) is 17.5 Å². The largest absolute Gasteiger partial charge is 0.483 e. The van der Waals surface area contributed by atoms with E-state index in [4.69, 9.17) is 25.5 Å². The Kier molecular flexibility index (Phi) is 9.17. The summed E-state index contributed by atoms with van der Waals surface area (Å²) in [6, 6.07) is 8.72. The van der Waals surface area contributed by atoms with Crippen molar-refractivity contribution in [2.45, 2.75) is 19.3 Å². The molecular formula is C20H27N7O4. The van der Waals surface area contributed by atoms with E-state index in [2.05, 4.69) is 61.3 Å². The van der Waals surface area contributed by atoms with Gasteiger partial charge in [-0.2, -0.15) is 9.97 Å². The zero-order valence-corrected chi connectivity index (χ0v) is 17.2. The fraction of sp³-hybridized carbons (Fsp3) is 0.350. The van der Waals surface area contributed by atoms with Gasteiger partial charge in [0.05, 0.1) is 6.33 Å². The first-order chi connectivity index (χ1) is 15.0. The molecule has 166 valence electrons. The molecule has 0 aliphatic carbocycles. The molecule has 0 saturated carbocycles. The number of nitrogens with one attached hydrogen (secondary N) is 2. The lowest BCUT2D eigenvalue weighted by Gasteiger charge is -2.17. The first-order valence-electron chi connectivity index (χ1n) is 9.68. The Morgan fingerprint density at radius 1 is 1.26 bits per heavy atom. The lowest BCUT2D eigenvalue weighted by atomic mass is 9.94. The minimum atomic E-state index is -0.250. The first kappa shape index (κ1) is 23.5. The van der Waals surface area contributed by atoms with E-state index in [1.54, 1.807) is 6.33 Å². The van der Waals surface area contributed by atoms with Crippen LogP contribution in [0.2, 0.25) is 0 Å². The van der Waals surface area contributed by atoms with Gasteiger partial charge in [0, 0.05) is 19.6 Å². The van der Waals surface area contributed by atoms with Gasteiger partial charge in [0.25, 0.3) is 12.9 Å². The molecule has 1 saturated heterocycles. The molecule has 0 bridgehead atoms. The Hall–Kier alpha value is -3.73. The van der Waals surface area contributed by atoms with Crippen LogP contribution in [0.25, 0.3) is 11.2 Å². The van der Waals surface area contributed by atoms with Crippen LogP contribution < -0.4 is 11.1 Å². The third kappa shape index (κ3) is 6.64. The van der Waals surface area contributed by atoms with Gasteiger partial charge in [-0.1, -0.05) is 24.3 Å². The highest BCUT2D eigenvalue weighted by Crippen LogP contribution is 2.29. The Bertz CT molecular complexity index is 973. The number of aryl methyl sites for hydroxylation is 1. The monoisotopic (exact) mass is 429 g/mol. The molecule has 3 heterocycles. The highest BCUT2D eigenvalue weighted by Gasteiger charge is 2.24. The number of likely N-dealkylation sites (tertiary alicyclic amines) is 1. The second-order valence-electron chi connectivity index (χ2n) is 6.81. The van der Waals surface area contributed by atoms with Crippen LogP contribution in [0, 0.1) is 6.92 Å². The summed E-state index contributed by atoms with van der Waals surface area (Å²) in [5.74, 6) is 1.59. The molecule has 1 atom stereocenters. The molecule has 0 spiro atoms. The number of nitrogens with two attached hydrogens (primary N) is 1. The Morgan fingerprint density at radius 2 is 1.97 bits per heavy atom. The minimum Gasteiger partial charge on any atom is -0.483 e. The smallest absolute Gasteiger partial charge is 0.290 e. The highest BCUT2D eigenvalue weighted by atomic mass is 16.3. The molecule has 3 aromatic rings. The molecule has 1 aliphatic rings. The Balaban J connectivity index is 0.000000513. The standard InChI is InChI=1S/C18H23N7.2CH2O2/c1-12-4-2-3-5-14(12)13-6-8-25(10-13)9-7-20-16-15-17(22-11-21-15)24-18(19)23-16;2*2-1-3/h2-5,11,13H,6-10H2,1H3,(H4,19,20,21,22,23,24);2*1H,(H,2,3). The van der Waals surface area contributed by atoms with E-state index in [9.17, 15) is 0 Å². The SMILES string of the molecule is Cc1ccccc1C1CCN(CCNc2nc(N)nc3nc[nH]c23)C1.O=CO.O=CO. The van der Waals surface area contributed by atoms with Crippen molar-refractivity contribution in [2.24, 2.45) is 0 Å². The van der Waals surface area contributed by atoms with Crippen molar-refractivity contribution >= 4 is 35.9 Å². The number of carboxylic acid groups (broad SMARTS) is 2. The van der Waals surface area contributed by atoms with Crippen LogP contribution in [0.3, 0.4) is 0 Å². The highest BCUT2D eigenvalue weighted by molar-refractivity contribution is 5.83. The lowest BCUT2D eigenvalue weighted by molar-refractivity contribution is -0.123. The summed E-state index contributed by atoms with van der Waals surface area (Å²) in [4.78, 5) is 34.8. The van der Waals surface area contributed by atoms with Crippen molar-refractivity contribution in [2.75, 3.05) is 37.2 Å².